The fourth-order valence-electron chi connectivity index (χ4n) is 3.60. The molecule has 2 aliphatic rings. The third kappa shape index (κ3) is 3.89. The van der Waals surface area contributed by atoms with Crippen LogP contribution in [0, 0.1) is 12.8 Å². The van der Waals surface area contributed by atoms with E-state index in [0.29, 0.717) is 0 Å². The van der Waals surface area contributed by atoms with Gasteiger partial charge in [0.25, 0.3) is 5.56 Å². The van der Waals surface area contributed by atoms with E-state index in [4.69, 9.17) is 0 Å². The molecule has 1 aromatic rings. The molecule has 0 aromatic carbocycles. The van der Waals surface area contributed by atoms with Gasteiger partial charge in [0.15, 0.2) is 0 Å². The summed E-state index contributed by atoms with van der Waals surface area (Å²) in [4.78, 5) is 24.3. The summed E-state index contributed by atoms with van der Waals surface area (Å²) in [6, 6.07) is 3.74. The molecule has 1 heterocycles. The first-order valence-corrected chi connectivity index (χ1v) is 8.65. The molecule has 1 amide bonds. The Morgan fingerprint density at radius 1 is 1.17 bits per heavy atom. The minimum atomic E-state index is -0.0305. The predicted molar refractivity (Wildman–Crippen MR) is 89.2 cm³/mol. The van der Waals surface area contributed by atoms with Crippen molar-refractivity contribution in [1.82, 2.24) is 15.1 Å². The number of hydrogen-bond donors (Lipinski definition) is 1. The second kappa shape index (κ2) is 7.11. The Bertz CT molecular complexity index is 642. The van der Waals surface area contributed by atoms with Gasteiger partial charge in [0.05, 0.1) is 11.7 Å². The zero-order chi connectivity index (χ0) is 16.2. The predicted octanol–water partition coefficient (Wildman–Crippen LogP) is 2.51. The number of allylic oxidation sites excluding steroid dienone is 2. The number of hydrogen-bond acceptors (Lipinski definition) is 3. The summed E-state index contributed by atoms with van der Waals surface area (Å²) in [5.41, 5.74) is 0.836. The van der Waals surface area contributed by atoms with Gasteiger partial charge in [0.1, 0.15) is 0 Å². The Morgan fingerprint density at radius 3 is 2.65 bits per heavy atom. The first-order chi connectivity index (χ1) is 11.1. The molecule has 23 heavy (non-hydrogen) atoms. The molecule has 0 radical (unpaired) electrons. The number of nitrogens with one attached hydrogen (secondary N) is 1. The van der Waals surface area contributed by atoms with Crippen molar-refractivity contribution in [3.05, 3.63) is 40.3 Å². The Morgan fingerprint density at radius 2 is 1.96 bits per heavy atom. The van der Waals surface area contributed by atoms with Crippen LogP contribution in [0.5, 0.6) is 0 Å². The SMILES string of the molecule is Cc1ccc(=O)n(C2CCC(NC(=O)C3CC=CCC3)CC2)n1. The Kier molecular flexibility index (Phi) is 4.94. The quantitative estimate of drug-likeness (QED) is 0.872. The Hall–Kier alpha value is -1.91. The van der Waals surface area contributed by atoms with Gasteiger partial charge < -0.3 is 5.32 Å². The Labute approximate surface area is 136 Å². The lowest BCUT2D eigenvalue weighted by Crippen LogP contribution is -2.42. The lowest BCUT2D eigenvalue weighted by atomic mass is 9.89. The van der Waals surface area contributed by atoms with E-state index in [1.165, 1.54) is 0 Å². The molecular formula is C18H25N3O2. The number of rotatable bonds is 3. The molecule has 0 bridgehead atoms. The average molecular weight is 315 g/mol. The van der Waals surface area contributed by atoms with Gasteiger partial charge in [-0.3, -0.25) is 9.59 Å². The molecule has 5 heteroatoms. The summed E-state index contributed by atoms with van der Waals surface area (Å²) in [7, 11) is 0. The second-order valence-corrected chi connectivity index (χ2v) is 6.75. The highest BCUT2D eigenvalue weighted by molar-refractivity contribution is 5.79. The number of nitrogens with zero attached hydrogens (tertiary/aromatic N) is 2. The van der Waals surface area contributed by atoms with Crippen LogP contribution < -0.4 is 10.9 Å². The zero-order valence-electron chi connectivity index (χ0n) is 13.7. The molecule has 1 fully saturated rings. The maximum absolute atomic E-state index is 12.3. The van der Waals surface area contributed by atoms with Gasteiger partial charge in [-0.05, 0) is 57.9 Å². The summed E-state index contributed by atoms with van der Waals surface area (Å²) < 4.78 is 1.62. The van der Waals surface area contributed by atoms with Crippen molar-refractivity contribution < 1.29 is 4.79 Å². The molecule has 1 N–H and O–H groups in total. The summed E-state index contributed by atoms with van der Waals surface area (Å²) in [6.07, 6.45) is 10.7. The van der Waals surface area contributed by atoms with Gasteiger partial charge >= 0.3 is 0 Å². The van der Waals surface area contributed by atoms with Crippen molar-refractivity contribution in [2.45, 2.75) is 64.0 Å². The molecule has 1 aromatic heterocycles. The molecule has 0 spiro atoms. The van der Waals surface area contributed by atoms with Crippen molar-refractivity contribution in [1.29, 1.82) is 0 Å². The normalized spacial score (nSPS) is 27.6. The van der Waals surface area contributed by atoms with Crippen LogP contribution in [0.2, 0.25) is 0 Å². The average Bonchev–Trinajstić information content (AvgIpc) is 2.58. The van der Waals surface area contributed by atoms with E-state index in [0.717, 1.165) is 50.6 Å². The van der Waals surface area contributed by atoms with Gasteiger partial charge in [0.2, 0.25) is 5.91 Å². The van der Waals surface area contributed by atoms with Crippen LogP contribution >= 0.6 is 0 Å². The molecule has 1 saturated carbocycles. The zero-order valence-corrected chi connectivity index (χ0v) is 13.7. The molecule has 2 aliphatic carbocycles. The maximum Gasteiger partial charge on any atom is 0.267 e. The standard InChI is InChI=1S/C18H25N3O2/c1-13-7-12-17(22)21(20-13)16-10-8-15(9-11-16)19-18(23)14-5-3-2-4-6-14/h2-3,7,12,14-16H,4-6,8-11H2,1H3,(H,19,23). The summed E-state index contributed by atoms with van der Waals surface area (Å²) in [5, 5.41) is 7.57. The van der Waals surface area contributed by atoms with E-state index in [1.54, 1.807) is 16.8 Å². The van der Waals surface area contributed by atoms with Crippen LogP contribution in [0.4, 0.5) is 0 Å². The lowest BCUT2D eigenvalue weighted by Gasteiger charge is -2.30. The number of aryl methyl sites for hydroxylation is 1. The minimum Gasteiger partial charge on any atom is -0.353 e. The number of carbonyl (C=O) groups is 1. The molecule has 1 unspecified atom stereocenters. The van der Waals surface area contributed by atoms with Crippen molar-refractivity contribution >= 4 is 5.91 Å². The van der Waals surface area contributed by atoms with E-state index < -0.39 is 0 Å². The van der Waals surface area contributed by atoms with E-state index in [1.807, 2.05) is 6.92 Å². The van der Waals surface area contributed by atoms with Gasteiger partial charge in [-0.2, -0.15) is 5.10 Å². The fourth-order valence-corrected chi connectivity index (χ4v) is 3.60. The highest BCUT2D eigenvalue weighted by Gasteiger charge is 2.27. The van der Waals surface area contributed by atoms with Gasteiger partial charge in [0, 0.05) is 18.0 Å². The van der Waals surface area contributed by atoms with E-state index in [2.05, 4.69) is 22.6 Å². The molecule has 1 atom stereocenters. The third-order valence-electron chi connectivity index (χ3n) is 4.99. The van der Waals surface area contributed by atoms with Gasteiger partial charge in [-0.25, -0.2) is 4.68 Å². The fraction of sp³-hybridized carbons (Fsp3) is 0.611. The third-order valence-corrected chi connectivity index (χ3v) is 4.99. The maximum atomic E-state index is 12.3. The first kappa shape index (κ1) is 16.0. The van der Waals surface area contributed by atoms with Crippen molar-refractivity contribution in [2.75, 3.05) is 0 Å². The van der Waals surface area contributed by atoms with Crippen LogP contribution in [0.1, 0.15) is 56.7 Å². The number of aromatic nitrogens is 2. The van der Waals surface area contributed by atoms with Gasteiger partial charge in [-0.1, -0.05) is 12.2 Å². The van der Waals surface area contributed by atoms with Crippen LogP contribution in [0.3, 0.4) is 0 Å². The van der Waals surface area contributed by atoms with Crippen molar-refractivity contribution in [3.8, 4) is 0 Å². The number of carbonyl (C=O) groups excluding carboxylic acids is 1. The molecule has 5 nitrogen and oxygen atoms in total. The van der Waals surface area contributed by atoms with Crippen LogP contribution in [0.25, 0.3) is 0 Å². The second-order valence-electron chi connectivity index (χ2n) is 6.75. The summed E-state index contributed by atoms with van der Waals surface area (Å²) in [6.45, 7) is 1.90. The number of amides is 1. The van der Waals surface area contributed by atoms with Crippen molar-refractivity contribution in [3.63, 3.8) is 0 Å². The molecule has 0 aliphatic heterocycles. The molecule has 0 saturated heterocycles. The van der Waals surface area contributed by atoms with Gasteiger partial charge in [-0.15, -0.1) is 0 Å². The van der Waals surface area contributed by atoms with E-state index in [9.17, 15) is 9.59 Å². The molecular weight excluding hydrogens is 290 g/mol. The van der Waals surface area contributed by atoms with E-state index in [-0.39, 0.29) is 29.5 Å². The smallest absolute Gasteiger partial charge is 0.267 e. The topological polar surface area (TPSA) is 64.0 Å². The van der Waals surface area contributed by atoms with Crippen LogP contribution in [-0.2, 0) is 4.79 Å². The largest absolute Gasteiger partial charge is 0.353 e. The minimum absolute atomic E-state index is 0.0305. The Balaban J connectivity index is 1.54. The van der Waals surface area contributed by atoms with E-state index >= 15 is 0 Å². The monoisotopic (exact) mass is 315 g/mol. The first-order valence-electron chi connectivity index (χ1n) is 8.65. The lowest BCUT2D eigenvalue weighted by molar-refractivity contribution is -0.126. The summed E-state index contributed by atoms with van der Waals surface area (Å²) >= 11 is 0. The van der Waals surface area contributed by atoms with Crippen LogP contribution in [0.15, 0.2) is 29.1 Å². The molecule has 124 valence electrons. The summed E-state index contributed by atoms with van der Waals surface area (Å²) in [5.74, 6) is 0.336. The highest BCUT2D eigenvalue weighted by atomic mass is 16.2. The highest BCUT2D eigenvalue weighted by Crippen LogP contribution is 2.27. The van der Waals surface area contributed by atoms with Crippen molar-refractivity contribution in [2.24, 2.45) is 5.92 Å². The molecule has 3 rings (SSSR count). The van der Waals surface area contributed by atoms with Crippen LogP contribution in [-0.4, -0.2) is 21.7 Å².